The first-order valence-electron chi connectivity index (χ1n) is 5.31. The van der Waals surface area contributed by atoms with Crippen molar-refractivity contribution in [3.05, 3.63) is 46.8 Å². The van der Waals surface area contributed by atoms with Crippen molar-refractivity contribution in [2.75, 3.05) is 0 Å². The van der Waals surface area contributed by atoms with Crippen LogP contribution in [0, 0.1) is 0 Å². The van der Waals surface area contributed by atoms with Crippen LogP contribution >= 0.6 is 11.6 Å². The molecule has 1 heterocycles. The van der Waals surface area contributed by atoms with Gasteiger partial charge in [-0.05, 0) is 18.2 Å². The predicted molar refractivity (Wildman–Crippen MR) is 68.1 cm³/mol. The van der Waals surface area contributed by atoms with Crippen molar-refractivity contribution in [1.29, 1.82) is 0 Å². The van der Waals surface area contributed by atoms with E-state index >= 15 is 0 Å². The minimum atomic E-state index is -3.67. The van der Waals surface area contributed by atoms with Gasteiger partial charge in [0, 0.05) is 11.1 Å². The van der Waals surface area contributed by atoms with Crippen LogP contribution in [0.1, 0.15) is 16.2 Å². The number of aromatic nitrogens is 1. The normalized spacial score (nSPS) is 11.3. The van der Waals surface area contributed by atoms with Crippen molar-refractivity contribution in [2.45, 2.75) is 10.6 Å². The number of hydrogen-bond acceptors (Lipinski definition) is 6. The Labute approximate surface area is 119 Å². The van der Waals surface area contributed by atoms with E-state index in [1.54, 1.807) is 6.07 Å². The van der Waals surface area contributed by atoms with Gasteiger partial charge in [-0.1, -0.05) is 22.8 Å². The SMILES string of the molecule is O=C(NO)c1cc(CS(=O)(=O)c2cccc(Cl)c2)on1. The summed E-state index contributed by atoms with van der Waals surface area (Å²) < 4.78 is 29.0. The van der Waals surface area contributed by atoms with Crippen molar-refractivity contribution >= 4 is 27.3 Å². The zero-order valence-corrected chi connectivity index (χ0v) is 11.5. The molecule has 1 aromatic carbocycles. The second kappa shape index (κ2) is 5.61. The maximum atomic E-state index is 12.1. The number of carbonyl (C=O) groups excluding carboxylic acids is 1. The fraction of sp³-hybridized carbons (Fsp3) is 0.0909. The van der Waals surface area contributed by atoms with E-state index < -0.39 is 21.5 Å². The number of hydrogen-bond donors (Lipinski definition) is 2. The summed E-state index contributed by atoms with van der Waals surface area (Å²) in [5.74, 6) is -1.39. The molecule has 2 aromatic rings. The second-order valence-electron chi connectivity index (χ2n) is 3.84. The van der Waals surface area contributed by atoms with Crippen LogP contribution in [-0.4, -0.2) is 24.7 Å². The van der Waals surface area contributed by atoms with Gasteiger partial charge in [0.2, 0.25) is 0 Å². The molecule has 7 nitrogen and oxygen atoms in total. The minimum Gasteiger partial charge on any atom is -0.359 e. The van der Waals surface area contributed by atoms with Crippen molar-refractivity contribution in [1.82, 2.24) is 10.6 Å². The molecule has 0 bridgehead atoms. The van der Waals surface area contributed by atoms with Crippen molar-refractivity contribution in [3.8, 4) is 0 Å². The monoisotopic (exact) mass is 316 g/mol. The van der Waals surface area contributed by atoms with Gasteiger partial charge in [0.15, 0.2) is 21.3 Å². The lowest BCUT2D eigenvalue weighted by molar-refractivity contribution is 0.0696. The van der Waals surface area contributed by atoms with Gasteiger partial charge in [-0.15, -0.1) is 0 Å². The molecule has 0 aliphatic heterocycles. The topological polar surface area (TPSA) is 110 Å². The van der Waals surface area contributed by atoms with Crippen LogP contribution in [0.4, 0.5) is 0 Å². The Morgan fingerprint density at radius 3 is 2.80 bits per heavy atom. The lowest BCUT2D eigenvalue weighted by atomic mass is 10.4. The Bertz CT molecular complexity index is 741. The molecule has 2 N–H and O–H groups in total. The van der Waals surface area contributed by atoms with Crippen molar-refractivity contribution in [2.24, 2.45) is 0 Å². The molecule has 0 aliphatic carbocycles. The van der Waals surface area contributed by atoms with Gasteiger partial charge in [-0.25, -0.2) is 13.9 Å². The summed E-state index contributed by atoms with van der Waals surface area (Å²) in [6.07, 6.45) is 0. The minimum absolute atomic E-state index is 0.0245. The Morgan fingerprint density at radius 1 is 1.40 bits per heavy atom. The fourth-order valence-electron chi connectivity index (χ4n) is 1.48. The van der Waals surface area contributed by atoms with Gasteiger partial charge in [-0.2, -0.15) is 0 Å². The van der Waals surface area contributed by atoms with E-state index in [0.717, 1.165) is 6.07 Å². The highest BCUT2D eigenvalue weighted by molar-refractivity contribution is 7.90. The number of rotatable bonds is 4. The van der Waals surface area contributed by atoms with Gasteiger partial charge in [0.05, 0.1) is 4.90 Å². The summed E-state index contributed by atoms with van der Waals surface area (Å²) in [4.78, 5) is 11.1. The van der Waals surface area contributed by atoms with E-state index in [4.69, 9.17) is 21.3 Å². The van der Waals surface area contributed by atoms with E-state index in [2.05, 4.69) is 5.16 Å². The molecule has 1 amide bonds. The Morgan fingerprint density at radius 2 is 2.15 bits per heavy atom. The third-order valence-corrected chi connectivity index (χ3v) is 4.25. The van der Waals surface area contributed by atoms with E-state index in [0.29, 0.717) is 5.02 Å². The summed E-state index contributed by atoms with van der Waals surface area (Å²) in [7, 11) is -3.67. The number of halogens is 1. The predicted octanol–water partition coefficient (Wildman–Crippen LogP) is 1.42. The number of amides is 1. The molecule has 0 atom stereocenters. The molecule has 1 aromatic heterocycles. The van der Waals surface area contributed by atoms with Crippen molar-refractivity contribution < 1.29 is 22.9 Å². The first-order valence-corrected chi connectivity index (χ1v) is 7.34. The maximum absolute atomic E-state index is 12.1. The highest BCUT2D eigenvalue weighted by Crippen LogP contribution is 2.20. The van der Waals surface area contributed by atoms with E-state index in [9.17, 15) is 13.2 Å². The highest BCUT2D eigenvalue weighted by Gasteiger charge is 2.20. The quantitative estimate of drug-likeness (QED) is 0.652. The van der Waals surface area contributed by atoms with Gasteiger partial charge in [0.25, 0.3) is 5.91 Å². The largest absolute Gasteiger partial charge is 0.359 e. The lowest BCUT2D eigenvalue weighted by Gasteiger charge is -2.02. The molecule has 0 spiro atoms. The van der Waals surface area contributed by atoms with Crippen LogP contribution in [0.2, 0.25) is 5.02 Å². The smallest absolute Gasteiger partial charge is 0.296 e. The molecule has 2 rings (SSSR count). The number of hydroxylamine groups is 1. The molecular weight excluding hydrogens is 308 g/mol. The van der Waals surface area contributed by atoms with E-state index in [-0.39, 0.29) is 16.3 Å². The molecule has 0 fully saturated rings. The molecule has 0 radical (unpaired) electrons. The van der Waals surface area contributed by atoms with E-state index in [1.165, 1.54) is 23.7 Å². The second-order valence-corrected chi connectivity index (χ2v) is 6.26. The summed E-state index contributed by atoms with van der Waals surface area (Å²) >= 11 is 5.74. The maximum Gasteiger partial charge on any atom is 0.296 e. The van der Waals surface area contributed by atoms with Gasteiger partial charge >= 0.3 is 0 Å². The van der Waals surface area contributed by atoms with Crippen LogP contribution in [0.5, 0.6) is 0 Å². The summed E-state index contributed by atoms with van der Waals surface area (Å²) in [6, 6.07) is 6.92. The fourth-order valence-corrected chi connectivity index (χ4v) is 3.00. The highest BCUT2D eigenvalue weighted by atomic mass is 35.5. The van der Waals surface area contributed by atoms with E-state index in [1.807, 2.05) is 0 Å². The van der Waals surface area contributed by atoms with Crippen LogP contribution in [0.15, 0.2) is 39.8 Å². The molecule has 20 heavy (non-hydrogen) atoms. The van der Waals surface area contributed by atoms with Crippen LogP contribution in [0.3, 0.4) is 0 Å². The number of benzene rings is 1. The first-order chi connectivity index (χ1) is 9.42. The molecular formula is C11H9ClN2O5S. The molecule has 0 unspecified atom stereocenters. The number of sulfone groups is 1. The summed E-state index contributed by atoms with van der Waals surface area (Å²) in [5.41, 5.74) is 1.15. The average molecular weight is 317 g/mol. The van der Waals surface area contributed by atoms with Gasteiger partial charge < -0.3 is 4.52 Å². The summed E-state index contributed by atoms with van der Waals surface area (Å²) in [5, 5.41) is 12.1. The summed E-state index contributed by atoms with van der Waals surface area (Å²) in [6.45, 7) is 0. The molecule has 0 saturated carbocycles. The number of nitrogens with zero attached hydrogens (tertiary/aromatic N) is 1. The lowest BCUT2D eigenvalue weighted by Crippen LogP contribution is -2.18. The van der Waals surface area contributed by atoms with Gasteiger partial charge in [0.1, 0.15) is 5.75 Å². The van der Waals surface area contributed by atoms with Crippen molar-refractivity contribution in [3.63, 3.8) is 0 Å². The van der Waals surface area contributed by atoms with Gasteiger partial charge in [-0.3, -0.25) is 10.0 Å². The molecule has 106 valence electrons. The standard InChI is InChI=1S/C11H9ClN2O5S/c12-7-2-1-3-9(4-7)20(17,18)6-8-5-10(14-19-8)11(15)13-16/h1-5,16H,6H2,(H,13,15). The third-order valence-electron chi connectivity index (χ3n) is 2.38. The Kier molecular flexibility index (Phi) is 4.07. The molecule has 9 heteroatoms. The molecule has 0 saturated heterocycles. The van der Waals surface area contributed by atoms with Crippen LogP contribution < -0.4 is 5.48 Å². The third kappa shape index (κ3) is 3.16. The first kappa shape index (κ1) is 14.5. The number of nitrogens with one attached hydrogen (secondary N) is 1. The zero-order chi connectivity index (χ0) is 14.8. The average Bonchev–Trinajstić information content (AvgIpc) is 2.85. The Hall–Kier alpha value is -1.90. The Balaban J connectivity index is 2.25. The number of carbonyl (C=O) groups is 1. The van der Waals surface area contributed by atoms with Crippen LogP contribution in [-0.2, 0) is 15.6 Å². The molecule has 0 aliphatic rings. The van der Waals surface area contributed by atoms with Crippen LogP contribution in [0.25, 0.3) is 0 Å². The zero-order valence-electron chi connectivity index (χ0n) is 9.91.